The summed E-state index contributed by atoms with van der Waals surface area (Å²) in [6.45, 7) is 2.49. The summed E-state index contributed by atoms with van der Waals surface area (Å²) in [7, 11) is 0. The first-order chi connectivity index (χ1) is 10.2. The quantitative estimate of drug-likeness (QED) is 0.723. The van der Waals surface area contributed by atoms with E-state index < -0.39 is 0 Å². The third kappa shape index (κ3) is 2.68. The summed E-state index contributed by atoms with van der Waals surface area (Å²) in [5, 5.41) is 17.0. The van der Waals surface area contributed by atoms with E-state index in [1.54, 1.807) is 4.52 Å². The molecule has 0 aliphatic carbocycles. The lowest BCUT2D eigenvalue weighted by Crippen LogP contribution is -2.09. The molecule has 0 fully saturated rings. The molecule has 0 unspecified atom stereocenters. The molecule has 1 aromatic carbocycles. The van der Waals surface area contributed by atoms with Crippen molar-refractivity contribution in [3.8, 4) is 0 Å². The number of rotatable bonds is 4. The summed E-state index contributed by atoms with van der Waals surface area (Å²) in [6.07, 6.45) is 1.44. The number of anilines is 1. The molecule has 108 valence electrons. The molecular weight excluding hydrogens is 290 g/mol. The number of aliphatic hydroxyl groups excluding tert-OH is 1. The van der Waals surface area contributed by atoms with Crippen LogP contribution < -0.4 is 5.32 Å². The third-order valence-corrected chi connectivity index (χ3v) is 3.61. The third-order valence-electron chi connectivity index (χ3n) is 3.24. The molecule has 21 heavy (non-hydrogen) atoms. The molecule has 2 aromatic heterocycles. The largest absolute Gasteiger partial charge is 0.392 e. The van der Waals surface area contributed by atoms with Crippen LogP contribution in [0.15, 0.2) is 30.6 Å². The normalized spacial score (nSPS) is 11.0. The van der Waals surface area contributed by atoms with Crippen molar-refractivity contribution >= 4 is 23.2 Å². The maximum atomic E-state index is 9.17. The van der Waals surface area contributed by atoms with Crippen LogP contribution in [0.3, 0.4) is 0 Å². The summed E-state index contributed by atoms with van der Waals surface area (Å²) in [5.41, 5.74) is 2.75. The van der Waals surface area contributed by atoms with Crippen LogP contribution in [0.5, 0.6) is 0 Å². The van der Waals surface area contributed by atoms with Gasteiger partial charge in [0.25, 0.3) is 5.78 Å². The smallest absolute Gasteiger partial charge is 0.255 e. The number of aromatic nitrogens is 4. The van der Waals surface area contributed by atoms with Gasteiger partial charge in [-0.25, -0.2) is 0 Å². The number of nitrogens with zero attached hydrogens (tertiary/aromatic N) is 4. The van der Waals surface area contributed by atoms with Crippen molar-refractivity contribution in [2.24, 2.45) is 0 Å². The Morgan fingerprint density at radius 2 is 2.14 bits per heavy atom. The number of fused-ring (bicyclic) bond motifs is 1. The van der Waals surface area contributed by atoms with Gasteiger partial charge in [-0.2, -0.15) is 19.6 Å². The SMILES string of the molecule is Cc1c(Cl)nc2ncnn2c1NCc1cccc(CO)c1. The zero-order valence-corrected chi connectivity index (χ0v) is 12.2. The van der Waals surface area contributed by atoms with Crippen LogP contribution in [0.1, 0.15) is 16.7 Å². The van der Waals surface area contributed by atoms with Crippen molar-refractivity contribution in [3.63, 3.8) is 0 Å². The fourth-order valence-corrected chi connectivity index (χ4v) is 2.29. The zero-order valence-electron chi connectivity index (χ0n) is 11.4. The van der Waals surface area contributed by atoms with E-state index in [-0.39, 0.29) is 6.61 Å². The van der Waals surface area contributed by atoms with Crippen LogP contribution in [0.2, 0.25) is 5.15 Å². The molecular formula is C14H14ClN5O. The van der Waals surface area contributed by atoms with E-state index in [9.17, 15) is 5.11 Å². The topological polar surface area (TPSA) is 75.3 Å². The number of hydrogen-bond donors (Lipinski definition) is 2. The number of benzene rings is 1. The van der Waals surface area contributed by atoms with Gasteiger partial charge < -0.3 is 10.4 Å². The highest BCUT2D eigenvalue weighted by atomic mass is 35.5. The van der Waals surface area contributed by atoms with Crippen molar-refractivity contribution in [2.75, 3.05) is 5.32 Å². The standard InChI is InChI=1S/C14H14ClN5O/c1-9-12(15)19-14-17-8-18-20(14)13(9)16-6-10-3-2-4-11(5-10)7-21/h2-5,8,16,21H,6-7H2,1H3. The van der Waals surface area contributed by atoms with Gasteiger partial charge in [-0.3, -0.25) is 0 Å². The molecule has 0 aliphatic heterocycles. The second kappa shape index (κ2) is 5.67. The number of aliphatic hydroxyl groups is 1. The Labute approximate surface area is 126 Å². The maximum Gasteiger partial charge on any atom is 0.255 e. The highest BCUT2D eigenvalue weighted by molar-refractivity contribution is 6.30. The monoisotopic (exact) mass is 303 g/mol. The van der Waals surface area contributed by atoms with Gasteiger partial charge in [0.05, 0.1) is 6.61 Å². The van der Waals surface area contributed by atoms with E-state index >= 15 is 0 Å². The number of hydrogen-bond acceptors (Lipinski definition) is 5. The van der Waals surface area contributed by atoms with Crippen LogP contribution in [-0.4, -0.2) is 24.7 Å². The van der Waals surface area contributed by atoms with Crippen molar-refractivity contribution in [1.29, 1.82) is 0 Å². The fourth-order valence-electron chi connectivity index (χ4n) is 2.13. The molecule has 2 heterocycles. The van der Waals surface area contributed by atoms with Crippen LogP contribution in [0.4, 0.5) is 5.82 Å². The lowest BCUT2D eigenvalue weighted by Gasteiger charge is -2.12. The minimum atomic E-state index is 0.0290. The molecule has 0 atom stereocenters. The molecule has 0 amide bonds. The molecule has 6 nitrogen and oxygen atoms in total. The predicted octanol–water partition coefficient (Wildman–Crippen LogP) is 2.19. The number of halogens is 1. The minimum absolute atomic E-state index is 0.0290. The molecule has 0 saturated heterocycles. The van der Waals surface area contributed by atoms with Gasteiger partial charge >= 0.3 is 0 Å². The number of nitrogens with one attached hydrogen (secondary N) is 1. The maximum absolute atomic E-state index is 9.17. The summed E-state index contributed by atoms with van der Waals surface area (Å²) >= 11 is 6.11. The Balaban J connectivity index is 1.91. The van der Waals surface area contributed by atoms with Crippen molar-refractivity contribution in [3.05, 3.63) is 52.4 Å². The van der Waals surface area contributed by atoms with Gasteiger partial charge in [0.15, 0.2) is 0 Å². The Hall–Kier alpha value is -2.18. The Kier molecular flexibility index (Phi) is 3.72. The second-order valence-electron chi connectivity index (χ2n) is 4.68. The second-order valence-corrected chi connectivity index (χ2v) is 5.04. The first-order valence-electron chi connectivity index (χ1n) is 6.47. The van der Waals surface area contributed by atoms with E-state index in [2.05, 4.69) is 20.4 Å². The summed E-state index contributed by atoms with van der Waals surface area (Å²) in [4.78, 5) is 8.21. The van der Waals surface area contributed by atoms with Crippen LogP contribution in [-0.2, 0) is 13.2 Å². The highest BCUT2D eigenvalue weighted by Crippen LogP contribution is 2.22. The first-order valence-corrected chi connectivity index (χ1v) is 6.85. The minimum Gasteiger partial charge on any atom is -0.392 e. The average Bonchev–Trinajstić information content (AvgIpc) is 2.95. The van der Waals surface area contributed by atoms with Crippen LogP contribution in [0, 0.1) is 6.92 Å². The predicted molar refractivity (Wildman–Crippen MR) is 80.2 cm³/mol. The fraction of sp³-hybridized carbons (Fsp3) is 0.214. The van der Waals surface area contributed by atoms with E-state index in [0.29, 0.717) is 17.5 Å². The zero-order chi connectivity index (χ0) is 14.8. The van der Waals surface area contributed by atoms with Gasteiger partial charge in [0.1, 0.15) is 17.3 Å². The molecule has 0 radical (unpaired) electrons. The highest BCUT2D eigenvalue weighted by Gasteiger charge is 2.11. The van der Waals surface area contributed by atoms with Crippen molar-refractivity contribution in [1.82, 2.24) is 19.6 Å². The molecule has 7 heteroatoms. The van der Waals surface area contributed by atoms with E-state index in [0.717, 1.165) is 22.5 Å². The van der Waals surface area contributed by atoms with Gasteiger partial charge in [-0.1, -0.05) is 35.9 Å². The summed E-state index contributed by atoms with van der Waals surface area (Å²) in [6, 6.07) is 7.74. The molecule has 2 N–H and O–H groups in total. The molecule has 0 saturated carbocycles. The van der Waals surface area contributed by atoms with E-state index in [4.69, 9.17) is 11.6 Å². The van der Waals surface area contributed by atoms with Crippen LogP contribution >= 0.6 is 11.6 Å². The summed E-state index contributed by atoms with van der Waals surface area (Å²) in [5.74, 6) is 1.22. The van der Waals surface area contributed by atoms with Crippen LogP contribution in [0.25, 0.3) is 5.78 Å². The molecule has 3 aromatic rings. The molecule has 0 aliphatic rings. The van der Waals surface area contributed by atoms with E-state index in [1.165, 1.54) is 6.33 Å². The van der Waals surface area contributed by atoms with Crippen molar-refractivity contribution in [2.45, 2.75) is 20.1 Å². The van der Waals surface area contributed by atoms with Gasteiger partial charge in [0.2, 0.25) is 0 Å². The Morgan fingerprint density at radius 1 is 1.33 bits per heavy atom. The summed E-state index contributed by atoms with van der Waals surface area (Å²) < 4.78 is 1.62. The van der Waals surface area contributed by atoms with E-state index in [1.807, 2.05) is 31.2 Å². The van der Waals surface area contributed by atoms with Crippen molar-refractivity contribution < 1.29 is 5.11 Å². The average molecular weight is 304 g/mol. The Bertz CT molecular complexity index is 786. The Morgan fingerprint density at radius 3 is 2.95 bits per heavy atom. The molecule has 0 bridgehead atoms. The van der Waals surface area contributed by atoms with Gasteiger partial charge in [-0.15, -0.1) is 0 Å². The molecule has 0 spiro atoms. The first kappa shape index (κ1) is 13.8. The lowest BCUT2D eigenvalue weighted by atomic mass is 10.1. The lowest BCUT2D eigenvalue weighted by molar-refractivity contribution is 0.281. The van der Waals surface area contributed by atoms with Gasteiger partial charge in [-0.05, 0) is 18.1 Å². The molecule has 3 rings (SSSR count). The van der Waals surface area contributed by atoms with Gasteiger partial charge in [0, 0.05) is 12.1 Å².